The molecule has 0 aliphatic heterocycles. The van der Waals surface area contributed by atoms with Gasteiger partial charge in [0.05, 0.1) is 0 Å². The highest BCUT2D eigenvalue weighted by Gasteiger charge is 1.81. The molecule has 0 rings (SSSR count). The number of hydrogen-bond acceptors (Lipinski definition) is 3. The van der Waals surface area contributed by atoms with Crippen LogP contribution in [0.4, 0.5) is 4.79 Å². The number of carbonyl (C=O) groups excluding carboxylic acids is 1. The second kappa shape index (κ2) is 4.71. The molecule has 0 aromatic carbocycles. The molecular formula is C4H6ClO3-. The maximum atomic E-state index is 9.50. The van der Waals surface area contributed by atoms with Gasteiger partial charge >= 0.3 is 0 Å². The molecular weight excluding hydrogens is 131 g/mol. The summed E-state index contributed by atoms with van der Waals surface area (Å²) in [5.74, 6) is 0.410. The monoisotopic (exact) mass is 137 g/mol. The van der Waals surface area contributed by atoms with Crippen LogP contribution in [-0.4, -0.2) is 18.6 Å². The van der Waals surface area contributed by atoms with E-state index in [1.807, 2.05) is 0 Å². The molecule has 0 N–H and O–H groups in total. The summed E-state index contributed by atoms with van der Waals surface area (Å²) in [5, 5.41) is 9.50. The summed E-state index contributed by atoms with van der Waals surface area (Å²) in [6.07, 6.45) is -0.953. The van der Waals surface area contributed by atoms with E-state index in [1.54, 1.807) is 0 Å². The fourth-order valence-corrected chi connectivity index (χ4v) is 0.319. The fraction of sp³-hybridized carbons (Fsp3) is 0.750. The van der Waals surface area contributed by atoms with Gasteiger partial charge < -0.3 is 14.6 Å². The predicted molar refractivity (Wildman–Crippen MR) is 26.7 cm³/mol. The van der Waals surface area contributed by atoms with Crippen LogP contribution in [0.25, 0.3) is 0 Å². The van der Waals surface area contributed by atoms with Gasteiger partial charge in [-0.05, 0) is 6.42 Å². The van der Waals surface area contributed by atoms with E-state index in [0.29, 0.717) is 12.3 Å². The van der Waals surface area contributed by atoms with E-state index in [1.165, 1.54) is 0 Å². The largest absolute Gasteiger partial charge is 0.550 e. The number of carbonyl (C=O) groups is 1. The van der Waals surface area contributed by atoms with E-state index in [-0.39, 0.29) is 6.61 Å². The third kappa shape index (κ3) is 5.56. The summed E-state index contributed by atoms with van der Waals surface area (Å²) in [7, 11) is 0. The fourth-order valence-electron chi connectivity index (χ4n) is 0.210. The molecule has 4 heteroatoms. The predicted octanol–water partition coefficient (Wildman–Crippen LogP) is -0.0248. The molecule has 0 radical (unpaired) electrons. The summed E-state index contributed by atoms with van der Waals surface area (Å²) in [6, 6.07) is 0. The molecule has 0 atom stereocenters. The average molecular weight is 138 g/mol. The zero-order valence-corrected chi connectivity index (χ0v) is 4.98. The molecule has 0 aliphatic rings. The molecule has 0 amide bonds. The smallest absolute Gasteiger partial charge is 0.251 e. The second-order valence-electron chi connectivity index (χ2n) is 1.14. The summed E-state index contributed by atoms with van der Waals surface area (Å²) in [5.41, 5.74) is 0. The van der Waals surface area contributed by atoms with Crippen LogP contribution in [-0.2, 0) is 4.74 Å². The SMILES string of the molecule is O=C([O-])OCCCCl. The summed E-state index contributed by atoms with van der Waals surface area (Å²) >= 11 is 5.19. The van der Waals surface area contributed by atoms with Crippen molar-refractivity contribution in [1.82, 2.24) is 0 Å². The minimum absolute atomic E-state index is 0.131. The first kappa shape index (κ1) is 7.56. The molecule has 0 spiro atoms. The Morgan fingerprint density at radius 2 is 2.38 bits per heavy atom. The van der Waals surface area contributed by atoms with E-state index in [0.717, 1.165) is 0 Å². The van der Waals surface area contributed by atoms with Crippen LogP contribution in [0.3, 0.4) is 0 Å². The molecule has 0 aromatic rings. The molecule has 0 aliphatic carbocycles. The van der Waals surface area contributed by atoms with Crippen molar-refractivity contribution in [2.75, 3.05) is 12.5 Å². The number of hydrogen-bond donors (Lipinski definition) is 0. The molecule has 0 saturated heterocycles. The van der Waals surface area contributed by atoms with E-state index in [4.69, 9.17) is 11.6 Å². The van der Waals surface area contributed by atoms with Crippen molar-refractivity contribution in [3.63, 3.8) is 0 Å². The van der Waals surface area contributed by atoms with Gasteiger partial charge in [0, 0.05) is 12.5 Å². The molecule has 3 nitrogen and oxygen atoms in total. The maximum Gasteiger partial charge on any atom is 0.251 e. The minimum Gasteiger partial charge on any atom is -0.550 e. The van der Waals surface area contributed by atoms with Crippen LogP contribution in [0.2, 0.25) is 0 Å². The van der Waals surface area contributed by atoms with E-state index < -0.39 is 6.16 Å². The Kier molecular flexibility index (Phi) is 4.45. The van der Waals surface area contributed by atoms with Gasteiger partial charge in [-0.25, -0.2) is 0 Å². The van der Waals surface area contributed by atoms with Crippen molar-refractivity contribution >= 4 is 17.8 Å². The molecule has 0 unspecified atom stereocenters. The lowest BCUT2D eigenvalue weighted by Crippen LogP contribution is -2.23. The first-order valence-corrected chi connectivity index (χ1v) is 2.70. The molecule has 0 heterocycles. The molecule has 48 valence electrons. The van der Waals surface area contributed by atoms with Crippen molar-refractivity contribution in [1.29, 1.82) is 0 Å². The number of halogens is 1. The molecule has 0 saturated carbocycles. The quantitative estimate of drug-likeness (QED) is 0.312. The highest BCUT2D eigenvalue weighted by Crippen LogP contribution is 1.84. The van der Waals surface area contributed by atoms with Crippen molar-refractivity contribution in [2.45, 2.75) is 6.42 Å². The zero-order chi connectivity index (χ0) is 6.41. The van der Waals surface area contributed by atoms with Crippen molar-refractivity contribution in [3.05, 3.63) is 0 Å². The Labute approximate surface area is 52.2 Å². The normalized spacial score (nSPS) is 8.62. The lowest BCUT2D eigenvalue weighted by Gasteiger charge is -2.04. The van der Waals surface area contributed by atoms with E-state index in [2.05, 4.69) is 4.74 Å². The van der Waals surface area contributed by atoms with Gasteiger partial charge in [-0.2, -0.15) is 0 Å². The Hall–Kier alpha value is -0.440. The van der Waals surface area contributed by atoms with Gasteiger partial charge in [0.1, 0.15) is 0 Å². The maximum absolute atomic E-state index is 9.50. The van der Waals surface area contributed by atoms with Crippen molar-refractivity contribution < 1.29 is 14.6 Å². The Balaban J connectivity index is 2.82. The van der Waals surface area contributed by atoms with Crippen LogP contribution in [0.5, 0.6) is 0 Å². The van der Waals surface area contributed by atoms with Gasteiger partial charge in [0.25, 0.3) is 6.16 Å². The van der Waals surface area contributed by atoms with Crippen LogP contribution >= 0.6 is 11.6 Å². The summed E-state index contributed by atoms with van der Waals surface area (Å²) < 4.78 is 4.00. The minimum atomic E-state index is -1.49. The number of alkyl halides is 1. The van der Waals surface area contributed by atoms with Crippen molar-refractivity contribution in [3.8, 4) is 0 Å². The van der Waals surface area contributed by atoms with Crippen molar-refractivity contribution in [2.24, 2.45) is 0 Å². The molecule has 0 bridgehead atoms. The third-order valence-electron chi connectivity index (χ3n) is 0.498. The van der Waals surface area contributed by atoms with Gasteiger partial charge in [0.2, 0.25) is 0 Å². The highest BCUT2D eigenvalue weighted by atomic mass is 35.5. The summed E-state index contributed by atoms with van der Waals surface area (Å²) in [4.78, 5) is 9.50. The van der Waals surface area contributed by atoms with Crippen LogP contribution < -0.4 is 5.11 Å². The Morgan fingerprint density at radius 3 is 2.75 bits per heavy atom. The lowest BCUT2D eigenvalue weighted by molar-refractivity contribution is -0.282. The molecule has 8 heavy (non-hydrogen) atoms. The topological polar surface area (TPSA) is 49.4 Å². The van der Waals surface area contributed by atoms with Crippen LogP contribution in [0.1, 0.15) is 6.42 Å². The standard InChI is InChI=1S/C4H7ClO3/c5-2-1-3-8-4(6)7/h1-3H2,(H,6,7)/p-1. The van der Waals surface area contributed by atoms with E-state index >= 15 is 0 Å². The number of carboxylic acid groups (broad SMARTS) is 1. The molecule has 0 fully saturated rings. The third-order valence-corrected chi connectivity index (χ3v) is 0.765. The number of rotatable bonds is 3. The van der Waals surface area contributed by atoms with Gasteiger partial charge in [0.15, 0.2) is 0 Å². The second-order valence-corrected chi connectivity index (χ2v) is 1.52. The van der Waals surface area contributed by atoms with Gasteiger partial charge in [-0.3, -0.25) is 0 Å². The first-order valence-electron chi connectivity index (χ1n) is 2.17. The highest BCUT2D eigenvalue weighted by molar-refractivity contribution is 6.17. The van der Waals surface area contributed by atoms with E-state index in [9.17, 15) is 9.90 Å². The molecule has 0 aromatic heterocycles. The van der Waals surface area contributed by atoms with Crippen LogP contribution in [0.15, 0.2) is 0 Å². The average Bonchev–Trinajstić information content (AvgIpc) is 1.66. The zero-order valence-electron chi connectivity index (χ0n) is 4.22. The Morgan fingerprint density at radius 1 is 1.75 bits per heavy atom. The summed E-state index contributed by atoms with van der Waals surface area (Å²) in [6.45, 7) is 0.131. The number of ether oxygens (including phenoxy) is 1. The Bertz CT molecular complexity index is 73.7. The van der Waals surface area contributed by atoms with Crippen LogP contribution in [0, 0.1) is 0 Å². The van der Waals surface area contributed by atoms with Gasteiger partial charge in [-0.1, -0.05) is 0 Å². The first-order chi connectivity index (χ1) is 3.77. The van der Waals surface area contributed by atoms with Gasteiger partial charge in [-0.15, -0.1) is 11.6 Å². The lowest BCUT2D eigenvalue weighted by atomic mass is 10.5.